The monoisotopic (exact) mass is 329 g/mol. The van der Waals surface area contributed by atoms with Crippen LogP contribution in [0.5, 0.6) is 0 Å². The van der Waals surface area contributed by atoms with Crippen molar-refractivity contribution in [3.8, 4) is 11.1 Å². The molecule has 1 amide bonds. The van der Waals surface area contributed by atoms with E-state index in [0.29, 0.717) is 11.1 Å². The van der Waals surface area contributed by atoms with Crippen molar-refractivity contribution in [2.45, 2.75) is 6.18 Å². The number of carbonyl (C=O) groups excluding carboxylic acids is 2. The largest absolute Gasteiger partial charge is 0.471 e. The molecule has 1 heterocycles. The molecule has 2 rings (SSSR count). The minimum atomic E-state index is -5.04. The van der Waals surface area contributed by atoms with E-state index < -0.39 is 18.1 Å². The van der Waals surface area contributed by atoms with Gasteiger partial charge in [-0.25, -0.2) is 4.79 Å². The lowest BCUT2D eigenvalue weighted by Gasteiger charge is -2.09. The van der Waals surface area contributed by atoms with Crippen molar-refractivity contribution >= 4 is 28.2 Å². The first-order valence-electron chi connectivity index (χ1n) is 5.98. The average molecular weight is 329 g/mol. The number of ether oxygens (including phenoxy) is 1. The topological polar surface area (TPSA) is 55.4 Å². The Morgan fingerprint density at radius 1 is 1.18 bits per heavy atom. The van der Waals surface area contributed by atoms with Crippen molar-refractivity contribution in [3.63, 3.8) is 0 Å². The van der Waals surface area contributed by atoms with Gasteiger partial charge >= 0.3 is 18.1 Å². The van der Waals surface area contributed by atoms with Crippen LogP contribution in [0.2, 0.25) is 0 Å². The second-order valence-electron chi connectivity index (χ2n) is 4.16. The van der Waals surface area contributed by atoms with Crippen LogP contribution >= 0.6 is 11.3 Å². The normalized spacial score (nSPS) is 11.1. The number of hydrogen-bond donors (Lipinski definition) is 1. The molecule has 116 valence electrons. The molecular formula is C14H10F3NO3S. The standard InChI is InChI=1S/C14H10F3NO3S/c1-21-12(19)10-9(8-5-3-2-4-6-8)7-22-11(10)18-13(20)14(15,16)17/h2-7H,1H3,(H,18,20). The number of methoxy groups -OCH3 is 1. The maximum absolute atomic E-state index is 12.4. The first-order chi connectivity index (χ1) is 10.3. The number of nitrogens with one attached hydrogen (secondary N) is 1. The third kappa shape index (κ3) is 3.28. The molecule has 0 radical (unpaired) electrons. The zero-order chi connectivity index (χ0) is 16.3. The molecule has 0 saturated carbocycles. The van der Waals surface area contributed by atoms with E-state index in [0.717, 1.165) is 18.4 Å². The van der Waals surface area contributed by atoms with E-state index in [-0.39, 0.29) is 10.6 Å². The fraction of sp³-hybridized carbons (Fsp3) is 0.143. The Kier molecular flexibility index (Phi) is 4.51. The summed E-state index contributed by atoms with van der Waals surface area (Å²) in [4.78, 5) is 22.9. The molecule has 22 heavy (non-hydrogen) atoms. The van der Waals surface area contributed by atoms with Crippen LogP contribution in [-0.4, -0.2) is 25.2 Å². The average Bonchev–Trinajstić information content (AvgIpc) is 2.90. The fourth-order valence-corrected chi connectivity index (χ4v) is 2.71. The summed E-state index contributed by atoms with van der Waals surface area (Å²) in [7, 11) is 1.12. The summed E-state index contributed by atoms with van der Waals surface area (Å²) < 4.78 is 41.7. The molecule has 0 spiro atoms. The minimum Gasteiger partial charge on any atom is -0.465 e. The van der Waals surface area contributed by atoms with E-state index in [9.17, 15) is 22.8 Å². The van der Waals surface area contributed by atoms with Gasteiger partial charge in [-0.2, -0.15) is 13.2 Å². The minimum absolute atomic E-state index is 0.101. The smallest absolute Gasteiger partial charge is 0.465 e. The molecule has 2 aromatic rings. The van der Waals surface area contributed by atoms with Crippen LogP contribution < -0.4 is 5.32 Å². The highest BCUT2D eigenvalue weighted by Crippen LogP contribution is 2.36. The number of anilines is 1. The van der Waals surface area contributed by atoms with Gasteiger partial charge in [0.25, 0.3) is 0 Å². The van der Waals surface area contributed by atoms with E-state index in [1.54, 1.807) is 35.6 Å². The summed E-state index contributed by atoms with van der Waals surface area (Å²) in [6.45, 7) is 0. The molecule has 0 atom stereocenters. The van der Waals surface area contributed by atoms with Gasteiger partial charge in [0.1, 0.15) is 10.6 Å². The molecule has 0 unspecified atom stereocenters. The van der Waals surface area contributed by atoms with E-state index in [4.69, 9.17) is 0 Å². The predicted octanol–water partition coefficient (Wildman–Crippen LogP) is 3.70. The second kappa shape index (κ2) is 6.18. The van der Waals surface area contributed by atoms with Crippen LogP contribution in [-0.2, 0) is 9.53 Å². The molecule has 0 bridgehead atoms. The van der Waals surface area contributed by atoms with Crippen molar-refractivity contribution in [1.29, 1.82) is 0 Å². The van der Waals surface area contributed by atoms with Gasteiger partial charge in [0, 0.05) is 10.9 Å². The Labute approximate surface area is 127 Å². The number of amides is 1. The summed E-state index contributed by atoms with van der Waals surface area (Å²) in [5.41, 5.74) is 0.929. The molecule has 0 saturated heterocycles. The van der Waals surface area contributed by atoms with Gasteiger partial charge in [-0.1, -0.05) is 30.3 Å². The van der Waals surface area contributed by atoms with Crippen molar-refractivity contribution in [1.82, 2.24) is 0 Å². The Bertz CT molecular complexity index is 695. The molecule has 0 fully saturated rings. The molecule has 1 aromatic carbocycles. The predicted molar refractivity (Wildman–Crippen MR) is 75.8 cm³/mol. The SMILES string of the molecule is COC(=O)c1c(-c2ccccc2)csc1NC(=O)C(F)(F)F. The molecule has 8 heteroatoms. The molecule has 0 aliphatic heterocycles. The summed E-state index contributed by atoms with van der Waals surface area (Å²) in [5.74, 6) is -2.96. The van der Waals surface area contributed by atoms with Gasteiger partial charge in [0.05, 0.1) is 7.11 Å². The number of esters is 1. The Hall–Kier alpha value is -2.35. The molecular weight excluding hydrogens is 319 g/mol. The Balaban J connectivity index is 2.46. The molecule has 0 aliphatic carbocycles. The Morgan fingerprint density at radius 3 is 2.36 bits per heavy atom. The summed E-state index contributed by atoms with van der Waals surface area (Å²) in [6.07, 6.45) is -5.04. The van der Waals surface area contributed by atoms with Crippen LogP contribution in [0, 0.1) is 0 Å². The quantitative estimate of drug-likeness (QED) is 0.874. The van der Waals surface area contributed by atoms with Crippen molar-refractivity contribution < 1.29 is 27.5 Å². The number of halogens is 3. The highest BCUT2D eigenvalue weighted by Gasteiger charge is 2.39. The van der Waals surface area contributed by atoms with Gasteiger partial charge in [-0.15, -0.1) is 11.3 Å². The van der Waals surface area contributed by atoms with Crippen molar-refractivity contribution in [2.24, 2.45) is 0 Å². The third-order valence-corrected chi connectivity index (χ3v) is 3.65. The van der Waals surface area contributed by atoms with Gasteiger partial charge in [-0.3, -0.25) is 4.79 Å². The number of thiophene rings is 1. The number of hydrogen-bond acceptors (Lipinski definition) is 4. The molecule has 1 aromatic heterocycles. The number of carbonyl (C=O) groups is 2. The summed E-state index contributed by atoms with van der Waals surface area (Å²) in [6, 6.07) is 8.61. The lowest BCUT2D eigenvalue weighted by atomic mass is 10.0. The van der Waals surface area contributed by atoms with E-state index in [2.05, 4.69) is 4.74 Å². The first kappa shape index (κ1) is 16.0. The number of rotatable bonds is 3. The second-order valence-corrected chi connectivity index (χ2v) is 5.04. The summed E-state index contributed by atoms with van der Waals surface area (Å²) >= 11 is 0.826. The Morgan fingerprint density at radius 2 is 1.82 bits per heavy atom. The zero-order valence-electron chi connectivity index (χ0n) is 11.2. The van der Waals surface area contributed by atoms with Crippen LogP contribution in [0.1, 0.15) is 10.4 Å². The van der Waals surface area contributed by atoms with Gasteiger partial charge < -0.3 is 10.1 Å². The molecule has 4 nitrogen and oxygen atoms in total. The maximum atomic E-state index is 12.4. The van der Waals surface area contributed by atoms with Crippen LogP contribution in [0.15, 0.2) is 35.7 Å². The van der Waals surface area contributed by atoms with Crippen molar-refractivity contribution in [3.05, 3.63) is 41.3 Å². The molecule has 1 N–H and O–H groups in total. The van der Waals surface area contributed by atoms with E-state index in [1.807, 2.05) is 0 Å². The van der Waals surface area contributed by atoms with Crippen molar-refractivity contribution in [2.75, 3.05) is 12.4 Å². The van der Waals surface area contributed by atoms with Crippen LogP contribution in [0.3, 0.4) is 0 Å². The first-order valence-corrected chi connectivity index (χ1v) is 6.86. The van der Waals surface area contributed by atoms with Crippen LogP contribution in [0.25, 0.3) is 11.1 Å². The van der Waals surface area contributed by atoms with Gasteiger partial charge in [-0.05, 0) is 5.56 Å². The molecule has 0 aliphatic rings. The summed E-state index contributed by atoms with van der Waals surface area (Å²) in [5, 5.41) is 3.00. The lowest BCUT2D eigenvalue weighted by Crippen LogP contribution is -2.30. The lowest BCUT2D eigenvalue weighted by molar-refractivity contribution is -0.167. The highest BCUT2D eigenvalue weighted by atomic mass is 32.1. The van der Waals surface area contributed by atoms with Gasteiger partial charge in [0.2, 0.25) is 0 Å². The highest BCUT2D eigenvalue weighted by molar-refractivity contribution is 7.15. The fourth-order valence-electron chi connectivity index (χ4n) is 1.76. The maximum Gasteiger partial charge on any atom is 0.471 e. The van der Waals surface area contributed by atoms with E-state index in [1.165, 1.54) is 5.38 Å². The van der Waals surface area contributed by atoms with E-state index >= 15 is 0 Å². The number of alkyl halides is 3. The number of benzene rings is 1. The van der Waals surface area contributed by atoms with Gasteiger partial charge in [0.15, 0.2) is 0 Å². The zero-order valence-corrected chi connectivity index (χ0v) is 12.0. The van der Waals surface area contributed by atoms with Crippen LogP contribution in [0.4, 0.5) is 18.2 Å². The third-order valence-electron chi connectivity index (χ3n) is 2.75.